The molecule has 0 heterocycles. The molecule has 0 spiro atoms. The maximum absolute atomic E-state index is 5.43. The van der Waals surface area contributed by atoms with E-state index in [0.717, 1.165) is 19.0 Å². The Morgan fingerprint density at radius 1 is 1.30 bits per heavy atom. The molecule has 62 valence electrons. The van der Waals surface area contributed by atoms with Crippen LogP contribution in [0.25, 0.3) is 0 Å². The van der Waals surface area contributed by atoms with Crippen molar-refractivity contribution in [1.29, 1.82) is 0 Å². The Balaban J connectivity index is 3.58. The highest BCUT2D eigenvalue weighted by molar-refractivity contribution is 4.66. The predicted molar refractivity (Wildman–Crippen MR) is 46.0 cm³/mol. The largest absolute Gasteiger partial charge is 0.329 e. The van der Waals surface area contributed by atoms with E-state index < -0.39 is 0 Å². The molecule has 0 aromatic carbocycles. The third-order valence-electron chi connectivity index (χ3n) is 2.14. The summed E-state index contributed by atoms with van der Waals surface area (Å²) in [4.78, 5) is 2.30. The number of likely N-dealkylation sites (N-methyl/N-ethyl adjacent to an activating group) is 1. The molecule has 0 fully saturated rings. The average Bonchev–Trinajstić information content (AvgIpc) is 1.87. The van der Waals surface area contributed by atoms with E-state index in [-0.39, 0.29) is 0 Å². The Bertz CT molecular complexity index is 81.3. The summed E-state index contributed by atoms with van der Waals surface area (Å²) in [5.74, 6) is 0.719. The van der Waals surface area contributed by atoms with Crippen LogP contribution < -0.4 is 5.73 Å². The minimum absolute atomic E-state index is 0.642. The van der Waals surface area contributed by atoms with Crippen molar-refractivity contribution < 1.29 is 0 Å². The minimum atomic E-state index is 0.642. The third kappa shape index (κ3) is 3.18. The van der Waals surface area contributed by atoms with Crippen molar-refractivity contribution in [3.63, 3.8) is 0 Å². The van der Waals surface area contributed by atoms with Crippen molar-refractivity contribution in [2.24, 2.45) is 11.7 Å². The van der Waals surface area contributed by atoms with E-state index in [0.29, 0.717) is 6.04 Å². The summed E-state index contributed by atoms with van der Waals surface area (Å²) in [6.07, 6.45) is 0. The molecule has 0 bridgehead atoms. The first kappa shape index (κ1) is 9.92. The number of nitrogens with two attached hydrogens (primary N) is 1. The van der Waals surface area contributed by atoms with Gasteiger partial charge in [-0.05, 0) is 19.9 Å². The predicted octanol–water partition coefficient (Wildman–Crippen LogP) is 0.921. The van der Waals surface area contributed by atoms with Gasteiger partial charge in [0.05, 0.1) is 0 Å². The molecule has 0 unspecified atom stereocenters. The van der Waals surface area contributed by atoms with E-state index in [1.165, 1.54) is 0 Å². The molecule has 0 radical (unpaired) electrons. The zero-order valence-corrected chi connectivity index (χ0v) is 7.59. The van der Waals surface area contributed by atoms with Crippen LogP contribution in [0.5, 0.6) is 0 Å². The van der Waals surface area contributed by atoms with E-state index in [1.807, 2.05) is 0 Å². The van der Waals surface area contributed by atoms with Gasteiger partial charge in [-0.25, -0.2) is 0 Å². The van der Waals surface area contributed by atoms with Crippen LogP contribution in [0.3, 0.4) is 0 Å². The van der Waals surface area contributed by atoms with Crippen molar-refractivity contribution in [2.45, 2.75) is 26.8 Å². The zero-order valence-electron chi connectivity index (χ0n) is 7.59. The van der Waals surface area contributed by atoms with Gasteiger partial charge in [0.25, 0.3) is 0 Å². The fourth-order valence-electron chi connectivity index (χ4n) is 0.916. The summed E-state index contributed by atoms with van der Waals surface area (Å²) in [6, 6.07) is 0.642. The first-order valence-electron chi connectivity index (χ1n) is 4.00. The quantitative estimate of drug-likeness (QED) is 0.636. The second kappa shape index (κ2) is 4.69. The lowest BCUT2D eigenvalue weighted by atomic mass is 10.1. The summed E-state index contributed by atoms with van der Waals surface area (Å²) in [7, 11) is 2.12. The topological polar surface area (TPSA) is 29.3 Å². The van der Waals surface area contributed by atoms with Gasteiger partial charge < -0.3 is 10.6 Å². The van der Waals surface area contributed by atoms with E-state index in [1.54, 1.807) is 0 Å². The lowest BCUT2D eigenvalue weighted by molar-refractivity contribution is 0.213. The van der Waals surface area contributed by atoms with E-state index in [2.05, 4.69) is 32.7 Å². The van der Waals surface area contributed by atoms with Gasteiger partial charge in [0, 0.05) is 19.1 Å². The van der Waals surface area contributed by atoms with E-state index >= 15 is 0 Å². The van der Waals surface area contributed by atoms with Crippen LogP contribution in [0.2, 0.25) is 0 Å². The Hall–Kier alpha value is -0.0800. The molecule has 0 saturated carbocycles. The zero-order chi connectivity index (χ0) is 8.15. The van der Waals surface area contributed by atoms with Gasteiger partial charge in [-0.1, -0.05) is 13.8 Å². The molecular formula is C8H20N2. The number of hydrogen-bond donors (Lipinski definition) is 1. The number of nitrogens with zero attached hydrogens (tertiary/aromatic N) is 1. The second-order valence-corrected chi connectivity index (χ2v) is 3.25. The Kier molecular flexibility index (Phi) is 4.65. The van der Waals surface area contributed by atoms with Gasteiger partial charge in [0.15, 0.2) is 0 Å². The van der Waals surface area contributed by atoms with Gasteiger partial charge >= 0.3 is 0 Å². The van der Waals surface area contributed by atoms with Crippen molar-refractivity contribution in [3.8, 4) is 0 Å². The van der Waals surface area contributed by atoms with Crippen LogP contribution >= 0.6 is 0 Å². The summed E-state index contributed by atoms with van der Waals surface area (Å²) in [5.41, 5.74) is 5.43. The molecule has 2 nitrogen and oxygen atoms in total. The Labute approximate surface area is 64.4 Å². The molecule has 0 saturated heterocycles. The molecule has 0 aliphatic carbocycles. The fourth-order valence-corrected chi connectivity index (χ4v) is 0.916. The molecule has 0 amide bonds. The minimum Gasteiger partial charge on any atom is -0.329 e. The van der Waals surface area contributed by atoms with Crippen molar-refractivity contribution in [3.05, 3.63) is 0 Å². The van der Waals surface area contributed by atoms with Gasteiger partial charge in [-0.15, -0.1) is 0 Å². The summed E-state index contributed by atoms with van der Waals surface area (Å²) < 4.78 is 0. The van der Waals surface area contributed by atoms with Crippen LogP contribution in [-0.4, -0.2) is 31.1 Å². The van der Waals surface area contributed by atoms with Crippen LogP contribution in [0.15, 0.2) is 0 Å². The van der Waals surface area contributed by atoms with Gasteiger partial charge in [0.2, 0.25) is 0 Å². The highest BCUT2D eigenvalue weighted by Crippen LogP contribution is 2.06. The maximum Gasteiger partial charge on any atom is 0.0104 e. The van der Waals surface area contributed by atoms with Crippen LogP contribution in [0.4, 0.5) is 0 Å². The normalized spacial score (nSPS) is 14.7. The average molecular weight is 144 g/mol. The van der Waals surface area contributed by atoms with Crippen LogP contribution in [-0.2, 0) is 0 Å². The first-order chi connectivity index (χ1) is 4.59. The maximum atomic E-state index is 5.43. The number of hydrogen-bond acceptors (Lipinski definition) is 2. The monoisotopic (exact) mass is 144 g/mol. The third-order valence-corrected chi connectivity index (χ3v) is 2.14. The van der Waals surface area contributed by atoms with Crippen LogP contribution in [0, 0.1) is 5.92 Å². The standard InChI is InChI=1S/C8H20N2/c1-7(2)8(3)10(4)6-5-9/h7-8H,5-6,9H2,1-4H3/t8-/m0/s1. The van der Waals surface area contributed by atoms with Crippen LogP contribution in [0.1, 0.15) is 20.8 Å². The lowest BCUT2D eigenvalue weighted by Crippen LogP contribution is -2.36. The molecule has 0 aliphatic rings. The molecule has 0 aromatic rings. The second-order valence-electron chi connectivity index (χ2n) is 3.25. The molecule has 10 heavy (non-hydrogen) atoms. The van der Waals surface area contributed by atoms with Crippen molar-refractivity contribution in [2.75, 3.05) is 20.1 Å². The molecular weight excluding hydrogens is 124 g/mol. The van der Waals surface area contributed by atoms with E-state index in [4.69, 9.17) is 5.73 Å². The van der Waals surface area contributed by atoms with Gasteiger partial charge in [-0.2, -0.15) is 0 Å². The lowest BCUT2D eigenvalue weighted by Gasteiger charge is -2.26. The molecule has 2 N–H and O–H groups in total. The van der Waals surface area contributed by atoms with Crippen molar-refractivity contribution >= 4 is 0 Å². The fraction of sp³-hybridized carbons (Fsp3) is 1.00. The summed E-state index contributed by atoms with van der Waals surface area (Å²) in [5, 5.41) is 0. The van der Waals surface area contributed by atoms with E-state index in [9.17, 15) is 0 Å². The molecule has 0 aliphatic heterocycles. The Morgan fingerprint density at radius 3 is 2.10 bits per heavy atom. The smallest absolute Gasteiger partial charge is 0.0104 e. The van der Waals surface area contributed by atoms with Crippen molar-refractivity contribution in [1.82, 2.24) is 4.90 Å². The van der Waals surface area contributed by atoms with Gasteiger partial charge in [-0.3, -0.25) is 0 Å². The SMILES string of the molecule is CC(C)[C@H](C)N(C)CCN. The molecule has 0 rings (SSSR count). The van der Waals surface area contributed by atoms with Gasteiger partial charge in [0.1, 0.15) is 0 Å². The highest BCUT2D eigenvalue weighted by Gasteiger charge is 2.10. The highest BCUT2D eigenvalue weighted by atomic mass is 15.1. The molecule has 2 heteroatoms. The first-order valence-corrected chi connectivity index (χ1v) is 4.00. The summed E-state index contributed by atoms with van der Waals surface area (Å²) in [6.45, 7) is 8.46. The number of rotatable bonds is 4. The Morgan fingerprint density at radius 2 is 1.80 bits per heavy atom. The summed E-state index contributed by atoms with van der Waals surface area (Å²) >= 11 is 0. The molecule has 0 aromatic heterocycles. The molecule has 1 atom stereocenters.